The molecule has 1 aliphatic heterocycles. The fraction of sp³-hybridized carbons (Fsp3) is 0.387. The summed E-state index contributed by atoms with van der Waals surface area (Å²) in [6.45, 7) is 3.68. The number of ether oxygens (including phenoxy) is 4. The Kier molecular flexibility index (Phi) is 11.1. The molecule has 0 unspecified atom stereocenters. The van der Waals surface area contributed by atoms with Gasteiger partial charge in [0.1, 0.15) is 6.10 Å². The van der Waals surface area contributed by atoms with E-state index in [1.807, 2.05) is 61.5 Å². The number of hydrogen-bond donors (Lipinski definition) is 0. The van der Waals surface area contributed by atoms with Crippen LogP contribution in [0.2, 0.25) is 0 Å². The van der Waals surface area contributed by atoms with Gasteiger partial charge in [0.25, 0.3) is 0 Å². The van der Waals surface area contributed by atoms with Gasteiger partial charge in [0.05, 0.1) is 38.6 Å². The van der Waals surface area contributed by atoms with E-state index in [9.17, 15) is 4.79 Å². The molecule has 5 nitrogen and oxygen atoms in total. The number of esters is 1. The Morgan fingerprint density at radius 1 is 0.730 bits per heavy atom. The van der Waals surface area contributed by atoms with E-state index < -0.39 is 0 Å². The maximum Gasteiger partial charge on any atom is 0.305 e. The Morgan fingerprint density at radius 2 is 1.22 bits per heavy atom. The van der Waals surface area contributed by atoms with Crippen LogP contribution < -0.4 is 0 Å². The quantitative estimate of drug-likeness (QED) is 0.250. The molecule has 4 rings (SSSR count). The van der Waals surface area contributed by atoms with Crippen LogP contribution in [0.25, 0.3) is 0 Å². The molecular weight excluding hydrogens is 484 g/mol. The van der Waals surface area contributed by atoms with Crippen LogP contribution >= 0.6 is 11.8 Å². The Morgan fingerprint density at radius 3 is 1.73 bits per heavy atom. The van der Waals surface area contributed by atoms with Crippen molar-refractivity contribution in [2.75, 3.05) is 12.4 Å². The normalized spacial score (nSPS) is 21.4. The molecule has 1 aliphatic rings. The molecule has 0 bridgehead atoms. The molecule has 0 saturated carbocycles. The first-order chi connectivity index (χ1) is 18.2. The number of rotatable bonds is 13. The van der Waals surface area contributed by atoms with E-state index in [0.717, 1.165) is 22.4 Å². The van der Waals surface area contributed by atoms with Gasteiger partial charge in [-0.15, -0.1) is 0 Å². The topological polar surface area (TPSA) is 54.0 Å². The molecule has 196 valence electrons. The third kappa shape index (κ3) is 8.71. The summed E-state index contributed by atoms with van der Waals surface area (Å²) in [5, 5.41) is 0.0884. The van der Waals surface area contributed by atoms with Crippen LogP contribution in [-0.4, -0.2) is 41.9 Å². The van der Waals surface area contributed by atoms with E-state index in [1.54, 1.807) is 11.8 Å². The minimum absolute atomic E-state index is 0.0884. The van der Waals surface area contributed by atoms with Gasteiger partial charge in [-0.2, -0.15) is 11.8 Å². The molecule has 0 spiro atoms. The molecule has 1 fully saturated rings. The van der Waals surface area contributed by atoms with Crippen LogP contribution in [-0.2, 0) is 43.6 Å². The number of carbonyl (C=O) groups is 1. The van der Waals surface area contributed by atoms with E-state index in [0.29, 0.717) is 39.3 Å². The molecule has 0 N–H and O–H groups in total. The monoisotopic (exact) mass is 520 g/mol. The summed E-state index contributed by atoms with van der Waals surface area (Å²) in [4.78, 5) is 12.2. The molecule has 1 heterocycles. The van der Waals surface area contributed by atoms with E-state index in [2.05, 4.69) is 36.4 Å². The minimum atomic E-state index is -0.277. The summed E-state index contributed by atoms with van der Waals surface area (Å²) < 4.78 is 24.8. The van der Waals surface area contributed by atoms with E-state index in [-0.39, 0.29) is 29.5 Å². The van der Waals surface area contributed by atoms with Crippen molar-refractivity contribution in [2.45, 2.75) is 63.1 Å². The largest absolute Gasteiger partial charge is 0.466 e. The van der Waals surface area contributed by atoms with Gasteiger partial charge in [-0.3, -0.25) is 4.79 Å². The lowest BCUT2D eigenvalue weighted by Crippen LogP contribution is -2.52. The van der Waals surface area contributed by atoms with E-state index in [1.165, 1.54) is 0 Å². The van der Waals surface area contributed by atoms with Crippen molar-refractivity contribution in [3.8, 4) is 0 Å². The second-order valence-corrected chi connectivity index (χ2v) is 10.3. The van der Waals surface area contributed by atoms with E-state index >= 15 is 0 Å². The standard InChI is InChI=1S/C31H36O5S/c1-2-33-29(32)19-18-28-31(36-22-26-16-10-5-11-17-26)30(35-21-25-14-8-4-9-15-25)27(23-37-28)34-20-24-12-6-3-7-13-24/h3-17,27-28,30-31H,2,18-23H2,1H3/t27-,28+,30+,31+/m0/s1. The van der Waals surface area contributed by atoms with Gasteiger partial charge in [0, 0.05) is 17.4 Å². The van der Waals surface area contributed by atoms with Gasteiger partial charge in [-0.05, 0) is 30.0 Å². The predicted octanol–water partition coefficient (Wildman–Crippen LogP) is 6.20. The van der Waals surface area contributed by atoms with Crippen molar-refractivity contribution in [1.82, 2.24) is 0 Å². The number of benzene rings is 3. The Labute approximate surface area is 224 Å². The zero-order chi connectivity index (χ0) is 25.7. The predicted molar refractivity (Wildman–Crippen MR) is 147 cm³/mol. The highest BCUT2D eigenvalue weighted by Gasteiger charge is 2.42. The molecule has 0 aliphatic carbocycles. The Bertz CT molecular complexity index is 1050. The summed E-state index contributed by atoms with van der Waals surface area (Å²) in [7, 11) is 0. The highest BCUT2D eigenvalue weighted by molar-refractivity contribution is 8.00. The van der Waals surface area contributed by atoms with Crippen LogP contribution in [0.1, 0.15) is 36.5 Å². The van der Waals surface area contributed by atoms with Gasteiger partial charge in [0.15, 0.2) is 0 Å². The SMILES string of the molecule is CCOC(=O)CC[C@H]1SC[C@H](OCc2ccccc2)[C@@H](OCc2ccccc2)[C@@H]1OCc1ccccc1. The summed E-state index contributed by atoms with van der Waals surface area (Å²) in [6.07, 6.45) is 0.365. The fourth-order valence-corrected chi connectivity index (χ4v) is 5.86. The maximum atomic E-state index is 12.2. The summed E-state index contributed by atoms with van der Waals surface area (Å²) in [5.74, 6) is 0.597. The van der Waals surface area contributed by atoms with Gasteiger partial charge < -0.3 is 18.9 Å². The third-order valence-electron chi connectivity index (χ3n) is 6.35. The molecule has 1 saturated heterocycles. The zero-order valence-electron chi connectivity index (χ0n) is 21.4. The smallest absolute Gasteiger partial charge is 0.305 e. The van der Waals surface area contributed by atoms with Crippen LogP contribution in [0, 0.1) is 0 Å². The number of thioether (sulfide) groups is 1. The van der Waals surface area contributed by atoms with Gasteiger partial charge in [-0.1, -0.05) is 91.0 Å². The Balaban J connectivity index is 1.52. The molecular formula is C31H36O5S. The molecule has 0 aromatic heterocycles. The maximum absolute atomic E-state index is 12.2. The highest BCUT2D eigenvalue weighted by Crippen LogP contribution is 2.36. The second-order valence-electron chi connectivity index (χ2n) is 9.07. The van der Waals surface area contributed by atoms with Crippen molar-refractivity contribution >= 4 is 17.7 Å². The van der Waals surface area contributed by atoms with Crippen molar-refractivity contribution in [2.24, 2.45) is 0 Å². The average Bonchev–Trinajstić information content (AvgIpc) is 2.95. The van der Waals surface area contributed by atoms with Crippen LogP contribution in [0.4, 0.5) is 0 Å². The van der Waals surface area contributed by atoms with Gasteiger partial charge in [-0.25, -0.2) is 0 Å². The zero-order valence-corrected chi connectivity index (χ0v) is 22.2. The van der Waals surface area contributed by atoms with Gasteiger partial charge >= 0.3 is 5.97 Å². The summed E-state index contributed by atoms with van der Waals surface area (Å²) in [6, 6.07) is 30.5. The molecule has 3 aromatic rings. The molecule has 0 radical (unpaired) electrons. The highest BCUT2D eigenvalue weighted by atomic mass is 32.2. The van der Waals surface area contributed by atoms with Crippen LogP contribution in [0.5, 0.6) is 0 Å². The average molecular weight is 521 g/mol. The number of carbonyl (C=O) groups excluding carboxylic acids is 1. The number of hydrogen-bond acceptors (Lipinski definition) is 6. The van der Waals surface area contributed by atoms with E-state index in [4.69, 9.17) is 18.9 Å². The lowest BCUT2D eigenvalue weighted by atomic mass is 10.0. The second kappa shape index (κ2) is 14.9. The minimum Gasteiger partial charge on any atom is -0.466 e. The van der Waals surface area contributed by atoms with Crippen LogP contribution in [0.15, 0.2) is 91.0 Å². The third-order valence-corrected chi connectivity index (χ3v) is 7.80. The summed E-state index contributed by atoms with van der Waals surface area (Å²) in [5.41, 5.74) is 3.33. The molecule has 4 atom stereocenters. The van der Waals surface area contributed by atoms with Crippen molar-refractivity contribution < 1.29 is 23.7 Å². The lowest BCUT2D eigenvalue weighted by molar-refractivity contribution is -0.151. The van der Waals surface area contributed by atoms with Crippen molar-refractivity contribution in [3.05, 3.63) is 108 Å². The van der Waals surface area contributed by atoms with Crippen molar-refractivity contribution in [3.63, 3.8) is 0 Å². The first-order valence-corrected chi connectivity index (χ1v) is 14.0. The fourth-order valence-electron chi connectivity index (χ4n) is 4.43. The van der Waals surface area contributed by atoms with Crippen molar-refractivity contribution in [1.29, 1.82) is 0 Å². The van der Waals surface area contributed by atoms with Crippen LogP contribution in [0.3, 0.4) is 0 Å². The first-order valence-electron chi connectivity index (χ1n) is 13.0. The molecule has 37 heavy (non-hydrogen) atoms. The first kappa shape index (κ1) is 27.4. The molecule has 3 aromatic carbocycles. The Hall–Kier alpha value is -2.64. The van der Waals surface area contributed by atoms with Gasteiger partial charge in [0.2, 0.25) is 0 Å². The summed E-state index contributed by atoms with van der Waals surface area (Å²) >= 11 is 1.80. The molecule has 0 amide bonds. The molecule has 6 heteroatoms. The lowest BCUT2D eigenvalue weighted by Gasteiger charge is -2.42.